The van der Waals surface area contributed by atoms with E-state index >= 15 is 4.39 Å². The van der Waals surface area contributed by atoms with Gasteiger partial charge in [0.15, 0.2) is 24.2 Å². The summed E-state index contributed by atoms with van der Waals surface area (Å²) in [6.07, 6.45) is 4.52. The Morgan fingerprint density at radius 1 is 0.871 bits per heavy atom. The van der Waals surface area contributed by atoms with Gasteiger partial charge in [-0.15, -0.1) is 0 Å². The summed E-state index contributed by atoms with van der Waals surface area (Å²) >= 11 is 0. The third-order valence-corrected chi connectivity index (χ3v) is 8.97. The van der Waals surface area contributed by atoms with Gasteiger partial charge < -0.3 is 29.4 Å². The van der Waals surface area contributed by atoms with Gasteiger partial charge in [-0.25, -0.2) is 24.1 Å². The van der Waals surface area contributed by atoms with Gasteiger partial charge >= 0.3 is 11.9 Å². The van der Waals surface area contributed by atoms with Crippen molar-refractivity contribution in [3.63, 3.8) is 0 Å². The topological polar surface area (TPSA) is 215 Å². The first-order chi connectivity index (χ1) is 30.0. The van der Waals surface area contributed by atoms with Crippen LogP contribution in [0.25, 0.3) is 0 Å². The fraction of sp³-hybridized carbons (Fsp3) is 0.256. The van der Waals surface area contributed by atoms with Crippen LogP contribution in [0.15, 0.2) is 120 Å². The molecule has 18 nitrogen and oxygen atoms in total. The molecule has 1 aliphatic rings. The summed E-state index contributed by atoms with van der Waals surface area (Å²) in [4.78, 5) is 59.5. The fourth-order valence-electron chi connectivity index (χ4n) is 5.83. The van der Waals surface area contributed by atoms with Gasteiger partial charge in [0.05, 0.1) is 30.4 Å². The molecule has 0 saturated heterocycles. The van der Waals surface area contributed by atoms with Crippen LogP contribution in [0.2, 0.25) is 0 Å². The van der Waals surface area contributed by atoms with Gasteiger partial charge in [0.2, 0.25) is 5.95 Å². The molecule has 19 heteroatoms. The lowest BCUT2D eigenvalue weighted by Crippen LogP contribution is -2.50. The number of esters is 2. The van der Waals surface area contributed by atoms with Crippen molar-refractivity contribution in [1.29, 1.82) is 0 Å². The summed E-state index contributed by atoms with van der Waals surface area (Å²) < 4.78 is 49.5. The Kier molecular flexibility index (Phi) is 14.7. The molecule has 0 aliphatic carbocycles. The SMILES string of the molecule is COCC(C)(C)C(=O)OCO[C@@H]1N=C(Cc2cc(OC)cc(OCCOC(=O)c3ccncc3)c2F)N(Nc2ccc(C(N)=NC(=O)c3ccccc3)cc2)N1c1ncccn1. The quantitative estimate of drug-likeness (QED) is 0.0369. The molecule has 0 radical (unpaired) electrons. The number of benzene rings is 3. The molecule has 3 N–H and O–H groups in total. The number of aromatic nitrogens is 3. The van der Waals surface area contributed by atoms with Crippen LogP contribution in [-0.2, 0) is 30.2 Å². The van der Waals surface area contributed by atoms with Crippen LogP contribution >= 0.6 is 0 Å². The maximum absolute atomic E-state index is 16.4. The number of hydrazine groups is 2. The second-order valence-corrected chi connectivity index (χ2v) is 14.0. The normalized spacial score (nSPS) is 13.9. The van der Waals surface area contributed by atoms with Gasteiger partial charge in [-0.05, 0) is 74.5 Å². The zero-order valence-electron chi connectivity index (χ0n) is 34.3. The number of aliphatic imine (C=N–C) groups is 2. The highest BCUT2D eigenvalue weighted by Gasteiger charge is 2.39. The summed E-state index contributed by atoms with van der Waals surface area (Å²) in [5, 5.41) is 2.90. The number of carbonyl (C=O) groups is 3. The van der Waals surface area contributed by atoms with Crippen LogP contribution in [0.3, 0.4) is 0 Å². The van der Waals surface area contributed by atoms with Gasteiger partial charge in [-0.1, -0.05) is 18.2 Å². The van der Waals surface area contributed by atoms with Crippen LogP contribution in [0.5, 0.6) is 11.5 Å². The summed E-state index contributed by atoms with van der Waals surface area (Å²) in [7, 11) is 2.90. The molecule has 3 aromatic carbocycles. The zero-order valence-corrected chi connectivity index (χ0v) is 34.3. The minimum atomic E-state index is -1.25. The highest BCUT2D eigenvalue weighted by atomic mass is 19.1. The molecule has 0 spiro atoms. The third kappa shape index (κ3) is 11.2. The molecule has 6 rings (SSSR count). The highest BCUT2D eigenvalue weighted by Crippen LogP contribution is 2.31. The minimum absolute atomic E-state index is 0.00302. The molecule has 1 aliphatic heterocycles. The van der Waals surface area contributed by atoms with Gasteiger partial charge in [0.25, 0.3) is 12.3 Å². The summed E-state index contributed by atoms with van der Waals surface area (Å²) in [5.74, 6) is -1.99. The molecule has 62 heavy (non-hydrogen) atoms. The van der Waals surface area contributed by atoms with Crippen molar-refractivity contribution in [2.24, 2.45) is 21.1 Å². The first-order valence-electron chi connectivity index (χ1n) is 19.0. The number of amides is 1. The van der Waals surface area contributed by atoms with Crippen LogP contribution < -0.4 is 25.6 Å². The monoisotopic (exact) mass is 849 g/mol. The van der Waals surface area contributed by atoms with Gasteiger partial charge in [-0.3, -0.25) is 24.7 Å². The lowest BCUT2D eigenvalue weighted by Gasteiger charge is -2.33. The molecule has 0 saturated carbocycles. The van der Waals surface area contributed by atoms with E-state index in [0.29, 0.717) is 22.4 Å². The average molecular weight is 850 g/mol. The van der Waals surface area contributed by atoms with Crippen LogP contribution in [0.1, 0.15) is 45.7 Å². The van der Waals surface area contributed by atoms with Crippen molar-refractivity contribution in [2.45, 2.75) is 26.6 Å². The highest BCUT2D eigenvalue weighted by molar-refractivity contribution is 6.08. The number of anilines is 2. The maximum Gasteiger partial charge on any atom is 0.338 e. The fourth-order valence-corrected chi connectivity index (χ4v) is 5.83. The van der Waals surface area contributed by atoms with Crippen molar-refractivity contribution in [3.05, 3.63) is 138 Å². The summed E-state index contributed by atoms with van der Waals surface area (Å²) in [5.41, 5.74) is 10.2. The molecule has 3 heterocycles. The Morgan fingerprint density at radius 3 is 2.29 bits per heavy atom. The van der Waals surface area contributed by atoms with Gasteiger partial charge in [0.1, 0.15) is 24.8 Å². The minimum Gasteiger partial charge on any atom is -0.497 e. The van der Waals surface area contributed by atoms with Crippen molar-refractivity contribution in [1.82, 2.24) is 20.1 Å². The van der Waals surface area contributed by atoms with E-state index in [1.165, 1.54) is 73.4 Å². The van der Waals surface area contributed by atoms with E-state index in [-0.39, 0.29) is 60.9 Å². The van der Waals surface area contributed by atoms with E-state index in [1.54, 1.807) is 74.5 Å². The van der Waals surface area contributed by atoms with Crippen molar-refractivity contribution >= 4 is 41.2 Å². The number of hydrogen-bond acceptors (Lipinski definition) is 16. The van der Waals surface area contributed by atoms with E-state index < -0.39 is 42.2 Å². The number of ether oxygens (including phenoxy) is 6. The first-order valence-corrected chi connectivity index (χ1v) is 19.0. The number of nitrogens with zero attached hydrogens (tertiary/aromatic N) is 7. The van der Waals surface area contributed by atoms with Gasteiger partial charge in [-0.2, -0.15) is 15.1 Å². The maximum atomic E-state index is 16.4. The van der Waals surface area contributed by atoms with Crippen molar-refractivity contribution in [2.75, 3.05) is 51.3 Å². The summed E-state index contributed by atoms with van der Waals surface area (Å²) in [6, 6.07) is 22.7. The smallest absolute Gasteiger partial charge is 0.338 e. The predicted octanol–water partition coefficient (Wildman–Crippen LogP) is 4.98. The van der Waals surface area contributed by atoms with Crippen LogP contribution in [0.4, 0.5) is 16.0 Å². The Morgan fingerprint density at radius 2 is 1.60 bits per heavy atom. The number of carbonyl (C=O) groups excluding carboxylic acids is 3. The lowest BCUT2D eigenvalue weighted by molar-refractivity contribution is -0.173. The second kappa shape index (κ2) is 20.6. The Hall–Kier alpha value is -7.51. The number of amidine groups is 2. The van der Waals surface area contributed by atoms with Crippen molar-refractivity contribution in [3.8, 4) is 11.5 Å². The number of methoxy groups -OCH3 is 2. The molecule has 322 valence electrons. The number of hydrogen-bond donors (Lipinski definition) is 2. The third-order valence-electron chi connectivity index (χ3n) is 8.97. The number of rotatable bonds is 19. The average Bonchev–Trinajstić information content (AvgIpc) is 3.62. The standard InChI is InChI=1S/C43H44FN9O9/c1-43(2,26-57-3)40(56)61-27-62-42-49-35(24-31-23-33(58-4)25-34(36(31)44)59-21-22-60-39(55)30-15-19-46-20-16-30)53(52(42)41-47-17-8-18-48-41)51-32-13-11-28(12-14-32)37(45)50-38(54)29-9-6-5-7-10-29/h5-20,23,25,42,51H,21-22,24,26-27H2,1-4H3,(H2,45,50,54)/t42-/m1/s1. The lowest BCUT2D eigenvalue weighted by atomic mass is 9.95. The number of nitrogens with one attached hydrogen (secondary N) is 1. The molecule has 1 amide bonds. The van der Waals surface area contributed by atoms with Crippen molar-refractivity contribution < 1.29 is 47.2 Å². The largest absolute Gasteiger partial charge is 0.497 e. The molecule has 5 aromatic rings. The van der Waals surface area contributed by atoms with E-state index in [0.717, 1.165) is 0 Å². The van der Waals surface area contributed by atoms with Crippen LogP contribution in [0, 0.1) is 11.2 Å². The summed E-state index contributed by atoms with van der Waals surface area (Å²) in [6.45, 7) is 2.57. The molecule has 1 atom stereocenters. The van der Waals surface area contributed by atoms with E-state index in [9.17, 15) is 14.4 Å². The predicted molar refractivity (Wildman–Crippen MR) is 224 cm³/mol. The molecular formula is C43H44FN9O9. The molecule has 0 bridgehead atoms. The Bertz CT molecular complexity index is 2370. The van der Waals surface area contributed by atoms with Crippen LogP contribution in [-0.4, -0.2) is 96.8 Å². The molecular weight excluding hydrogens is 806 g/mol. The first kappa shape index (κ1) is 44.1. The Labute approximate surface area is 356 Å². The second-order valence-electron chi connectivity index (χ2n) is 14.0. The molecule has 0 fully saturated rings. The number of halogens is 1. The molecule has 2 aromatic heterocycles. The van der Waals surface area contributed by atoms with E-state index in [4.69, 9.17) is 39.1 Å². The number of pyridine rings is 1. The van der Waals surface area contributed by atoms with E-state index in [1.807, 2.05) is 0 Å². The number of nitrogens with two attached hydrogens (primary N) is 1. The van der Waals surface area contributed by atoms with E-state index in [2.05, 4.69) is 25.4 Å². The zero-order chi connectivity index (χ0) is 44.1. The Balaban J connectivity index is 1.28. The molecule has 0 unspecified atom stereocenters. The van der Waals surface area contributed by atoms with Gasteiger partial charge in [0, 0.05) is 61.1 Å².